The lowest BCUT2D eigenvalue weighted by Gasteiger charge is -2.11. The average molecular weight is 247 g/mol. The van der Waals surface area contributed by atoms with Crippen molar-refractivity contribution >= 4 is 11.3 Å². The zero-order valence-corrected chi connectivity index (χ0v) is 11.5. The molecular weight excluding hydrogens is 230 g/mol. The van der Waals surface area contributed by atoms with Crippen LogP contribution in [0.1, 0.15) is 23.1 Å². The first-order valence-electron chi connectivity index (χ1n) is 5.78. The molecule has 0 unspecified atom stereocenters. The van der Waals surface area contributed by atoms with E-state index in [4.69, 9.17) is 4.74 Å². The lowest BCUT2D eigenvalue weighted by Crippen LogP contribution is -1.96. The molecule has 0 fully saturated rings. The highest BCUT2D eigenvalue weighted by Gasteiger charge is 2.09. The quantitative estimate of drug-likeness (QED) is 0.813. The van der Waals surface area contributed by atoms with Crippen LogP contribution < -0.4 is 4.74 Å². The van der Waals surface area contributed by atoms with Gasteiger partial charge in [0.1, 0.15) is 5.75 Å². The van der Waals surface area contributed by atoms with E-state index in [1.807, 2.05) is 13.8 Å². The third-order valence-electron chi connectivity index (χ3n) is 2.72. The maximum absolute atomic E-state index is 5.60. The molecule has 0 bridgehead atoms. The summed E-state index contributed by atoms with van der Waals surface area (Å²) in [5, 5.41) is 3.21. The average Bonchev–Trinajstić information content (AvgIpc) is 2.70. The minimum atomic E-state index is 0.704. The molecule has 3 heteroatoms. The molecule has 17 heavy (non-hydrogen) atoms. The molecule has 0 aliphatic heterocycles. The number of hydrogen-bond donors (Lipinski definition) is 0. The number of aromatic nitrogens is 1. The SMILES string of the molecule is CCOc1cc(C)c(-c2csc(C)n2)cc1C. The van der Waals surface area contributed by atoms with Gasteiger partial charge >= 0.3 is 0 Å². The molecule has 0 atom stereocenters. The molecule has 0 spiro atoms. The van der Waals surface area contributed by atoms with Gasteiger partial charge in [0.2, 0.25) is 0 Å². The highest BCUT2D eigenvalue weighted by Crippen LogP contribution is 2.30. The molecule has 2 nitrogen and oxygen atoms in total. The second-order valence-electron chi connectivity index (χ2n) is 4.12. The first-order chi connectivity index (χ1) is 8.11. The molecule has 0 aliphatic carbocycles. The summed E-state index contributed by atoms with van der Waals surface area (Å²) in [6.07, 6.45) is 0. The number of hydrogen-bond acceptors (Lipinski definition) is 3. The Labute approximate surface area is 106 Å². The van der Waals surface area contributed by atoms with E-state index in [9.17, 15) is 0 Å². The van der Waals surface area contributed by atoms with Gasteiger partial charge in [-0.15, -0.1) is 11.3 Å². The minimum Gasteiger partial charge on any atom is -0.494 e. The van der Waals surface area contributed by atoms with Crippen LogP contribution >= 0.6 is 11.3 Å². The van der Waals surface area contributed by atoms with Crippen LogP contribution in [-0.2, 0) is 0 Å². The molecule has 0 saturated heterocycles. The van der Waals surface area contributed by atoms with E-state index < -0.39 is 0 Å². The molecule has 0 radical (unpaired) electrons. The van der Waals surface area contributed by atoms with Gasteiger partial charge in [0.05, 0.1) is 17.3 Å². The summed E-state index contributed by atoms with van der Waals surface area (Å²) in [7, 11) is 0. The van der Waals surface area contributed by atoms with E-state index in [-0.39, 0.29) is 0 Å². The van der Waals surface area contributed by atoms with Crippen LogP contribution in [0, 0.1) is 20.8 Å². The van der Waals surface area contributed by atoms with Crippen molar-refractivity contribution in [3.8, 4) is 17.0 Å². The molecule has 2 rings (SSSR count). The van der Waals surface area contributed by atoms with E-state index in [2.05, 4.69) is 36.3 Å². The van der Waals surface area contributed by atoms with E-state index in [1.54, 1.807) is 11.3 Å². The number of benzene rings is 1. The largest absolute Gasteiger partial charge is 0.494 e. The van der Waals surface area contributed by atoms with Crippen LogP contribution in [0.4, 0.5) is 0 Å². The summed E-state index contributed by atoms with van der Waals surface area (Å²) in [5.41, 5.74) is 4.65. The maximum atomic E-state index is 5.60. The van der Waals surface area contributed by atoms with Gasteiger partial charge in [0.15, 0.2) is 0 Å². The molecule has 0 aliphatic rings. The fraction of sp³-hybridized carbons (Fsp3) is 0.357. The number of ether oxygens (including phenoxy) is 1. The molecule has 1 heterocycles. The molecule has 0 amide bonds. The molecule has 2 aromatic rings. The molecule has 1 aromatic carbocycles. The van der Waals surface area contributed by atoms with Crippen molar-refractivity contribution in [1.82, 2.24) is 4.98 Å². The normalized spacial score (nSPS) is 10.6. The van der Waals surface area contributed by atoms with Crippen LogP contribution in [0.5, 0.6) is 5.75 Å². The molecular formula is C14H17NOS. The van der Waals surface area contributed by atoms with E-state index in [0.717, 1.165) is 22.0 Å². The molecule has 1 aromatic heterocycles. The van der Waals surface area contributed by atoms with E-state index >= 15 is 0 Å². The minimum absolute atomic E-state index is 0.704. The van der Waals surface area contributed by atoms with Gasteiger partial charge in [-0.1, -0.05) is 0 Å². The van der Waals surface area contributed by atoms with Crippen LogP contribution in [0.3, 0.4) is 0 Å². The van der Waals surface area contributed by atoms with Crippen molar-refractivity contribution in [2.75, 3.05) is 6.61 Å². The van der Waals surface area contributed by atoms with Crippen molar-refractivity contribution in [3.05, 3.63) is 33.6 Å². The van der Waals surface area contributed by atoms with Crippen molar-refractivity contribution in [2.24, 2.45) is 0 Å². The van der Waals surface area contributed by atoms with Crippen molar-refractivity contribution in [3.63, 3.8) is 0 Å². The second kappa shape index (κ2) is 4.88. The second-order valence-corrected chi connectivity index (χ2v) is 5.18. The predicted octanol–water partition coefficient (Wildman–Crippen LogP) is 4.13. The highest BCUT2D eigenvalue weighted by atomic mass is 32.1. The first-order valence-corrected chi connectivity index (χ1v) is 6.66. The fourth-order valence-electron chi connectivity index (χ4n) is 1.86. The lowest BCUT2D eigenvalue weighted by molar-refractivity contribution is 0.337. The Morgan fingerprint density at radius 3 is 2.53 bits per heavy atom. The topological polar surface area (TPSA) is 22.1 Å². The maximum Gasteiger partial charge on any atom is 0.122 e. The number of thiazole rings is 1. The monoisotopic (exact) mass is 247 g/mol. The van der Waals surface area contributed by atoms with Gasteiger partial charge in [-0.2, -0.15) is 0 Å². The van der Waals surface area contributed by atoms with Gasteiger partial charge in [-0.3, -0.25) is 0 Å². The van der Waals surface area contributed by atoms with E-state index in [0.29, 0.717) is 6.61 Å². The van der Waals surface area contributed by atoms with E-state index in [1.165, 1.54) is 11.1 Å². The molecule has 0 N–H and O–H groups in total. The van der Waals surface area contributed by atoms with Crippen LogP contribution in [0.15, 0.2) is 17.5 Å². The Kier molecular flexibility index (Phi) is 3.48. The summed E-state index contributed by atoms with van der Waals surface area (Å²) >= 11 is 1.69. The zero-order valence-electron chi connectivity index (χ0n) is 10.7. The van der Waals surface area contributed by atoms with Gasteiger partial charge in [0, 0.05) is 10.9 Å². The third-order valence-corrected chi connectivity index (χ3v) is 3.49. The van der Waals surface area contributed by atoms with Gasteiger partial charge in [0.25, 0.3) is 0 Å². The smallest absolute Gasteiger partial charge is 0.122 e. The predicted molar refractivity (Wildman–Crippen MR) is 72.9 cm³/mol. The van der Waals surface area contributed by atoms with Gasteiger partial charge < -0.3 is 4.74 Å². The Hall–Kier alpha value is -1.35. The summed E-state index contributed by atoms with van der Waals surface area (Å²) in [6.45, 7) is 8.92. The van der Waals surface area contributed by atoms with Crippen molar-refractivity contribution in [2.45, 2.75) is 27.7 Å². The first kappa shape index (κ1) is 12.1. The lowest BCUT2D eigenvalue weighted by atomic mass is 10.0. The van der Waals surface area contributed by atoms with Crippen LogP contribution in [0.25, 0.3) is 11.3 Å². The Bertz CT molecular complexity index is 531. The molecule has 0 saturated carbocycles. The summed E-state index contributed by atoms with van der Waals surface area (Å²) < 4.78 is 5.60. The molecule has 90 valence electrons. The number of nitrogens with zero attached hydrogens (tertiary/aromatic N) is 1. The highest BCUT2D eigenvalue weighted by molar-refractivity contribution is 7.09. The standard InChI is InChI=1S/C14H17NOS/c1-5-16-14-7-9(2)12(6-10(14)3)13-8-17-11(4)15-13/h6-8H,5H2,1-4H3. The van der Waals surface area contributed by atoms with Gasteiger partial charge in [-0.25, -0.2) is 4.98 Å². The fourth-order valence-corrected chi connectivity index (χ4v) is 2.48. The Morgan fingerprint density at radius 1 is 1.18 bits per heavy atom. The zero-order chi connectivity index (χ0) is 12.4. The van der Waals surface area contributed by atoms with Crippen molar-refractivity contribution < 1.29 is 4.74 Å². The summed E-state index contributed by atoms with van der Waals surface area (Å²) in [4.78, 5) is 4.54. The van der Waals surface area contributed by atoms with Gasteiger partial charge in [-0.05, 0) is 51.0 Å². The Morgan fingerprint density at radius 2 is 1.94 bits per heavy atom. The Balaban J connectivity index is 2.46. The van der Waals surface area contributed by atoms with Crippen LogP contribution in [0.2, 0.25) is 0 Å². The van der Waals surface area contributed by atoms with Crippen molar-refractivity contribution in [1.29, 1.82) is 0 Å². The summed E-state index contributed by atoms with van der Waals surface area (Å²) in [5.74, 6) is 0.973. The third kappa shape index (κ3) is 2.50. The summed E-state index contributed by atoms with van der Waals surface area (Å²) in [6, 6.07) is 4.26. The van der Waals surface area contributed by atoms with Crippen LogP contribution in [-0.4, -0.2) is 11.6 Å². The number of aryl methyl sites for hydroxylation is 3. The number of rotatable bonds is 3.